The monoisotopic (exact) mass is 749 g/mol. The fourth-order valence-electron chi connectivity index (χ4n) is 4.66. The summed E-state index contributed by atoms with van der Waals surface area (Å²) >= 11 is 0. The molecule has 0 aromatic carbocycles. The number of phosphoric acid groups is 1. The zero-order chi connectivity index (χ0) is 38.6. The summed E-state index contributed by atoms with van der Waals surface area (Å²) in [5.74, 6) is -1.00. The number of rotatable bonds is 34. The van der Waals surface area contributed by atoms with Crippen molar-refractivity contribution in [3.63, 3.8) is 0 Å². The number of likely N-dealkylation sites (N-methyl/N-ethyl adjacent to an activating group) is 1. The molecule has 0 aliphatic carbocycles. The van der Waals surface area contributed by atoms with Gasteiger partial charge in [0.1, 0.15) is 19.8 Å². The molecule has 0 bridgehead atoms. The lowest BCUT2D eigenvalue weighted by atomic mass is 10.1. The van der Waals surface area contributed by atoms with Gasteiger partial charge in [-0.25, -0.2) is 0 Å². The van der Waals surface area contributed by atoms with Crippen molar-refractivity contribution in [3.05, 3.63) is 72.9 Å². The molecule has 52 heavy (non-hydrogen) atoms. The average Bonchev–Trinajstić information content (AvgIpc) is 3.09. The first kappa shape index (κ1) is 49.5. The number of carbonyl (C=O) groups excluding carboxylic acids is 2. The molecular formula is C42H72NO8P. The number of phosphoric ester groups is 1. The van der Waals surface area contributed by atoms with E-state index < -0.39 is 32.5 Å². The predicted octanol–water partition coefficient (Wildman–Crippen LogP) is 10.0. The summed E-state index contributed by atoms with van der Waals surface area (Å²) in [6, 6.07) is 0. The lowest BCUT2D eigenvalue weighted by molar-refractivity contribution is -0.870. The molecule has 0 aromatic heterocycles. The molecule has 0 saturated carbocycles. The fourth-order valence-corrected chi connectivity index (χ4v) is 5.39. The van der Waals surface area contributed by atoms with Gasteiger partial charge in [0.25, 0.3) is 7.82 Å². The third kappa shape index (κ3) is 37.2. The van der Waals surface area contributed by atoms with E-state index in [0.29, 0.717) is 23.9 Å². The maximum absolute atomic E-state index is 12.6. The first-order valence-electron chi connectivity index (χ1n) is 19.6. The van der Waals surface area contributed by atoms with Crippen molar-refractivity contribution >= 4 is 19.8 Å². The van der Waals surface area contributed by atoms with Crippen LogP contribution < -0.4 is 4.89 Å². The van der Waals surface area contributed by atoms with Gasteiger partial charge in [-0.3, -0.25) is 14.2 Å². The van der Waals surface area contributed by atoms with E-state index in [1.807, 2.05) is 33.3 Å². The normalized spacial score (nSPS) is 14.5. The van der Waals surface area contributed by atoms with E-state index in [4.69, 9.17) is 18.5 Å². The molecule has 2 atom stereocenters. The summed E-state index contributed by atoms with van der Waals surface area (Å²) < 4.78 is 33.6. The van der Waals surface area contributed by atoms with Gasteiger partial charge in [0, 0.05) is 6.42 Å². The smallest absolute Gasteiger partial charge is 0.310 e. The number of esters is 2. The largest absolute Gasteiger partial charge is 0.756 e. The molecule has 0 fully saturated rings. The number of hydrogen-bond donors (Lipinski definition) is 0. The fraction of sp³-hybridized carbons (Fsp3) is 0.667. The third-order valence-corrected chi connectivity index (χ3v) is 8.71. The molecule has 0 aliphatic heterocycles. The second-order valence-corrected chi connectivity index (χ2v) is 15.3. The summed E-state index contributed by atoms with van der Waals surface area (Å²) in [5, 5.41) is 0. The zero-order valence-corrected chi connectivity index (χ0v) is 34.1. The Bertz CT molecular complexity index is 1120. The minimum Gasteiger partial charge on any atom is -0.756 e. The van der Waals surface area contributed by atoms with E-state index in [1.54, 1.807) is 6.08 Å². The SMILES string of the molecule is CC/C=C\C/C=C\C/C=C\C/C=C\C/C=C\CC(=O)OC(COC(=O)CCCCCCC/C=C\CCCCCC)COP(=O)([O-])OCC[N+](C)(C)C. The first-order valence-corrected chi connectivity index (χ1v) is 21.1. The minimum absolute atomic E-state index is 0.0121. The van der Waals surface area contributed by atoms with Crippen molar-refractivity contribution in [2.75, 3.05) is 47.5 Å². The number of allylic oxidation sites excluding steroid dienone is 11. The van der Waals surface area contributed by atoms with Gasteiger partial charge in [-0.05, 0) is 64.2 Å². The van der Waals surface area contributed by atoms with Gasteiger partial charge >= 0.3 is 11.9 Å². The van der Waals surface area contributed by atoms with Crippen molar-refractivity contribution in [3.8, 4) is 0 Å². The number of carbonyl (C=O) groups is 2. The van der Waals surface area contributed by atoms with Crippen LogP contribution in [0.15, 0.2) is 72.9 Å². The van der Waals surface area contributed by atoms with E-state index in [-0.39, 0.29) is 26.1 Å². The van der Waals surface area contributed by atoms with Crippen LogP contribution in [0, 0.1) is 0 Å². The van der Waals surface area contributed by atoms with Crippen molar-refractivity contribution in [1.29, 1.82) is 0 Å². The molecule has 298 valence electrons. The summed E-state index contributed by atoms with van der Waals surface area (Å²) in [5.41, 5.74) is 0. The highest BCUT2D eigenvalue weighted by molar-refractivity contribution is 7.45. The van der Waals surface area contributed by atoms with E-state index in [0.717, 1.165) is 57.8 Å². The molecule has 0 rings (SSSR count). The van der Waals surface area contributed by atoms with Gasteiger partial charge in [-0.2, -0.15) is 0 Å². The molecule has 0 radical (unpaired) electrons. The summed E-state index contributed by atoms with van der Waals surface area (Å²) in [6.45, 7) is 3.94. The van der Waals surface area contributed by atoms with E-state index in [1.165, 1.54) is 32.1 Å². The van der Waals surface area contributed by atoms with Crippen LogP contribution in [0.5, 0.6) is 0 Å². The standard InChI is InChI=1S/C42H72NO8P/c1-6-8-10-12-14-16-18-20-21-23-25-27-29-31-33-35-42(45)51-40(39-50-52(46,47)49-37-36-43(3,4)5)38-48-41(44)34-32-30-28-26-24-22-19-17-15-13-11-9-7-2/h8,10,14,16-17,19-21,25,27,31,33,40H,6-7,9,11-13,15,18,22-24,26,28-30,32,34-39H2,1-5H3/b10-8-,16-14-,19-17-,21-20-,27-25-,33-31-. The van der Waals surface area contributed by atoms with Crippen molar-refractivity contribution in [2.24, 2.45) is 0 Å². The average molecular weight is 750 g/mol. The van der Waals surface area contributed by atoms with Crippen LogP contribution >= 0.6 is 7.82 Å². The third-order valence-electron chi connectivity index (χ3n) is 7.74. The van der Waals surface area contributed by atoms with Crippen LogP contribution in [-0.2, 0) is 32.7 Å². The maximum atomic E-state index is 12.6. The highest BCUT2D eigenvalue weighted by Crippen LogP contribution is 2.38. The van der Waals surface area contributed by atoms with Gasteiger partial charge in [0.05, 0.1) is 34.2 Å². The van der Waals surface area contributed by atoms with Crippen molar-refractivity contribution in [2.45, 2.75) is 136 Å². The van der Waals surface area contributed by atoms with Crippen LogP contribution in [-0.4, -0.2) is 70.0 Å². The molecule has 9 nitrogen and oxygen atoms in total. The second kappa shape index (κ2) is 34.2. The Kier molecular flexibility index (Phi) is 32.6. The Morgan fingerprint density at radius 3 is 1.71 bits per heavy atom. The number of quaternary nitrogens is 1. The highest BCUT2D eigenvalue weighted by atomic mass is 31.2. The van der Waals surface area contributed by atoms with Gasteiger partial charge < -0.3 is 27.9 Å². The molecular weight excluding hydrogens is 677 g/mol. The first-order chi connectivity index (χ1) is 25.0. The van der Waals surface area contributed by atoms with Crippen LogP contribution in [0.2, 0.25) is 0 Å². The number of nitrogens with zero attached hydrogens (tertiary/aromatic N) is 1. The maximum Gasteiger partial charge on any atom is 0.310 e. The highest BCUT2D eigenvalue weighted by Gasteiger charge is 2.21. The minimum atomic E-state index is -4.65. The van der Waals surface area contributed by atoms with Gasteiger partial charge in [0.2, 0.25) is 0 Å². The Hall–Kier alpha value is -2.55. The molecule has 0 saturated heterocycles. The van der Waals surface area contributed by atoms with E-state index >= 15 is 0 Å². The molecule has 0 heterocycles. The molecule has 10 heteroatoms. The van der Waals surface area contributed by atoms with Gasteiger partial charge in [0.15, 0.2) is 6.10 Å². The Balaban J connectivity index is 4.61. The lowest BCUT2D eigenvalue weighted by Gasteiger charge is -2.28. The van der Waals surface area contributed by atoms with Crippen LogP contribution in [0.3, 0.4) is 0 Å². The molecule has 0 aromatic rings. The topological polar surface area (TPSA) is 111 Å². The molecule has 0 aliphatic rings. The Morgan fingerprint density at radius 2 is 1.15 bits per heavy atom. The lowest BCUT2D eigenvalue weighted by Crippen LogP contribution is -2.37. The number of ether oxygens (including phenoxy) is 2. The van der Waals surface area contributed by atoms with E-state index in [2.05, 4.69) is 68.5 Å². The number of hydrogen-bond acceptors (Lipinski definition) is 8. The molecule has 0 amide bonds. The van der Waals surface area contributed by atoms with Crippen LogP contribution in [0.4, 0.5) is 0 Å². The molecule has 0 spiro atoms. The second-order valence-electron chi connectivity index (χ2n) is 13.9. The Morgan fingerprint density at radius 1 is 0.635 bits per heavy atom. The molecule has 2 unspecified atom stereocenters. The zero-order valence-electron chi connectivity index (χ0n) is 33.2. The van der Waals surface area contributed by atoms with E-state index in [9.17, 15) is 19.0 Å². The molecule has 0 N–H and O–H groups in total. The predicted molar refractivity (Wildman–Crippen MR) is 213 cm³/mol. The number of unbranched alkanes of at least 4 members (excludes halogenated alkanes) is 9. The summed E-state index contributed by atoms with van der Waals surface area (Å²) in [4.78, 5) is 37.3. The van der Waals surface area contributed by atoms with Crippen LogP contribution in [0.25, 0.3) is 0 Å². The Labute approximate surface area is 317 Å². The van der Waals surface area contributed by atoms with Crippen LogP contribution in [0.1, 0.15) is 129 Å². The van der Waals surface area contributed by atoms with Crippen molar-refractivity contribution < 1.29 is 42.1 Å². The summed E-state index contributed by atoms with van der Waals surface area (Å²) in [6.07, 6.45) is 41.0. The van der Waals surface area contributed by atoms with Crippen molar-refractivity contribution in [1.82, 2.24) is 0 Å². The quantitative estimate of drug-likeness (QED) is 0.0210. The van der Waals surface area contributed by atoms with Gasteiger partial charge in [-0.1, -0.05) is 125 Å². The summed E-state index contributed by atoms with van der Waals surface area (Å²) in [7, 11) is 1.09. The van der Waals surface area contributed by atoms with Gasteiger partial charge in [-0.15, -0.1) is 0 Å².